The molecule has 3 amide bonds. The fraction of sp³-hybridized carbons (Fsp3) is 0.400. The summed E-state index contributed by atoms with van der Waals surface area (Å²) in [6.45, 7) is 7.53. The highest BCUT2D eigenvalue weighted by molar-refractivity contribution is 7.11. The monoisotopic (exact) mass is 553 g/mol. The number of hydrogen-bond donors (Lipinski definition) is 1. The molecule has 3 aromatic rings. The molecule has 2 aromatic carbocycles. The van der Waals surface area contributed by atoms with E-state index in [0.29, 0.717) is 44.2 Å². The van der Waals surface area contributed by atoms with Crippen molar-refractivity contribution in [3.8, 4) is 11.5 Å². The van der Waals surface area contributed by atoms with Crippen molar-refractivity contribution in [3.05, 3.63) is 75.0 Å². The van der Waals surface area contributed by atoms with Crippen molar-refractivity contribution in [3.63, 3.8) is 0 Å². The van der Waals surface area contributed by atoms with Crippen molar-refractivity contribution in [2.45, 2.75) is 33.7 Å². The lowest BCUT2D eigenvalue weighted by Gasteiger charge is -2.28. The van der Waals surface area contributed by atoms with Crippen LogP contribution in [-0.2, 0) is 22.5 Å². The van der Waals surface area contributed by atoms with Gasteiger partial charge in [0.2, 0.25) is 5.91 Å². The van der Waals surface area contributed by atoms with Crippen LogP contribution < -0.4 is 14.8 Å². The van der Waals surface area contributed by atoms with Crippen LogP contribution in [-0.4, -0.2) is 69.3 Å². The van der Waals surface area contributed by atoms with E-state index in [0.717, 1.165) is 27.3 Å². The standard InChI is InChI=1S/C30H39N3O5S/c1-21-7-11-26(22(2)17-21)31-30(35)33(15-16-36-4)20-29(34)32(19-25-10-8-23(3)39-25)14-13-24-9-12-27(37-5)28(18-24)38-6/h7-12,17-18H,13-16,19-20H2,1-6H3,(H,31,35). The molecule has 0 spiro atoms. The van der Waals surface area contributed by atoms with Crippen LogP contribution in [0.25, 0.3) is 0 Å². The lowest BCUT2D eigenvalue weighted by Crippen LogP contribution is -2.46. The van der Waals surface area contributed by atoms with E-state index in [1.165, 1.54) is 9.78 Å². The van der Waals surface area contributed by atoms with Crippen molar-refractivity contribution in [1.82, 2.24) is 9.80 Å². The third-order valence-corrected chi connectivity index (χ3v) is 7.40. The third-order valence-electron chi connectivity index (χ3n) is 6.42. The van der Waals surface area contributed by atoms with Crippen molar-refractivity contribution in [1.29, 1.82) is 0 Å². The van der Waals surface area contributed by atoms with Crippen LogP contribution in [0.3, 0.4) is 0 Å². The number of ether oxygens (including phenoxy) is 3. The van der Waals surface area contributed by atoms with Gasteiger partial charge in [0.25, 0.3) is 0 Å². The number of anilines is 1. The van der Waals surface area contributed by atoms with E-state index < -0.39 is 0 Å². The van der Waals surface area contributed by atoms with Gasteiger partial charge < -0.3 is 29.3 Å². The highest BCUT2D eigenvalue weighted by Gasteiger charge is 2.23. The Morgan fingerprint density at radius 3 is 2.28 bits per heavy atom. The van der Waals surface area contributed by atoms with Crippen LogP contribution in [0.5, 0.6) is 11.5 Å². The summed E-state index contributed by atoms with van der Waals surface area (Å²) in [5.41, 5.74) is 3.83. The number of aryl methyl sites for hydroxylation is 3. The number of amides is 3. The summed E-state index contributed by atoms with van der Waals surface area (Å²) in [5, 5.41) is 2.96. The summed E-state index contributed by atoms with van der Waals surface area (Å²) in [6, 6.07) is 15.4. The Morgan fingerprint density at radius 1 is 0.872 bits per heavy atom. The van der Waals surface area contributed by atoms with Gasteiger partial charge in [0.15, 0.2) is 11.5 Å². The summed E-state index contributed by atoms with van der Waals surface area (Å²) >= 11 is 1.67. The zero-order valence-corrected chi connectivity index (χ0v) is 24.5. The summed E-state index contributed by atoms with van der Waals surface area (Å²) < 4.78 is 16.0. The largest absolute Gasteiger partial charge is 0.493 e. The first kappa shape index (κ1) is 30.0. The number of nitrogens with one attached hydrogen (secondary N) is 1. The number of thiophene rings is 1. The van der Waals surface area contributed by atoms with Gasteiger partial charge in [-0.25, -0.2) is 4.79 Å². The normalized spacial score (nSPS) is 10.7. The van der Waals surface area contributed by atoms with Gasteiger partial charge in [0.05, 0.1) is 27.4 Å². The molecule has 1 heterocycles. The van der Waals surface area contributed by atoms with E-state index in [4.69, 9.17) is 14.2 Å². The molecule has 210 valence electrons. The molecule has 0 saturated heterocycles. The number of hydrogen-bond acceptors (Lipinski definition) is 6. The quantitative estimate of drug-likeness (QED) is 0.305. The van der Waals surface area contributed by atoms with E-state index in [1.807, 2.05) is 68.1 Å². The first-order chi connectivity index (χ1) is 18.7. The minimum Gasteiger partial charge on any atom is -0.493 e. The fourth-order valence-electron chi connectivity index (χ4n) is 4.22. The topological polar surface area (TPSA) is 80.3 Å². The van der Waals surface area contributed by atoms with Gasteiger partial charge in [-0.3, -0.25) is 4.79 Å². The van der Waals surface area contributed by atoms with Crippen LogP contribution in [0, 0.1) is 20.8 Å². The molecule has 3 rings (SSSR count). The van der Waals surface area contributed by atoms with Crippen LogP contribution in [0.2, 0.25) is 0 Å². The van der Waals surface area contributed by atoms with Crippen molar-refractivity contribution < 1.29 is 23.8 Å². The molecule has 0 bridgehead atoms. The first-order valence-corrected chi connectivity index (χ1v) is 13.7. The van der Waals surface area contributed by atoms with Gasteiger partial charge in [-0.05, 0) is 68.7 Å². The van der Waals surface area contributed by atoms with Crippen molar-refractivity contribution >= 4 is 29.0 Å². The van der Waals surface area contributed by atoms with Crippen molar-refractivity contribution in [2.24, 2.45) is 0 Å². The number of rotatable bonds is 13. The molecule has 0 aliphatic carbocycles. The molecular formula is C30H39N3O5S. The summed E-state index contributed by atoms with van der Waals surface area (Å²) in [5.74, 6) is 1.18. The van der Waals surface area contributed by atoms with Crippen LogP contribution in [0.4, 0.5) is 10.5 Å². The van der Waals surface area contributed by atoms with Gasteiger partial charge in [0, 0.05) is 35.6 Å². The first-order valence-electron chi connectivity index (χ1n) is 12.9. The predicted molar refractivity (Wildman–Crippen MR) is 156 cm³/mol. The lowest BCUT2D eigenvalue weighted by atomic mass is 10.1. The molecule has 0 unspecified atom stereocenters. The SMILES string of the molecule is COCCN(CC(=O)N(CCc1ccc(OC)c(OC)c1)Cc1ccc(C)s1)C(=O)Nc1ccc(C)cc1C. The molecule has 0 radical (unpaired) electrons. The lowest BCUT2D eigenvalue weighted by molar-refractivity contribution is -0.132. The Hall–Kier alpha value is -3.56. The number of benzene rings is 2. The van der Waals surface area contributed by atoms with Gasteiger partial charge in [-0.2, -0.15) is 0 Å². The molecule has 9 heteroatoms. The fourth-order valence-corrected chi connectivity index (χ4v) is 5.12. The number of methoxy groups -OCH3 is 3. The highest BCUT2D eigenvalue weighted by Crippen LogP contribution is 2.28. The smallest absolute Gasteiger partial charge is 0.322 e. The zero-order chi connectivity index (χ0) is 28.4. The molecule has 39 heavy (non-hydrogen) atoms. The average molecular weight is 554 g/mol. The minimum atomic E-state index is -0.334. The van der Waals surface area contributed by atoms with E-state index in [9.17, 15) is 9.59 Å². The van der Waals surface area contributed by atoms with Gasteiger partial charge in [-0.1, -0.05) is 23.8 Å². The van der Waals surface area contributed by atoms with Crippen LogP contribution in [0.1, 0.15) is 26.4 Å². The van der Waals surface area contributed by atoms with Gasteiger partial charge >= 0.3 is 6.03 Å². The second kappa shape index (κ2) is 14.6. The maximum Gasteiger partial charge on any atom is 0.322 e. The molecule has 1 N–H and O–H groups in total. The second-order valence-electron chi connectivity index (χ2n) is 9.43. The molecule has 0 fully saturated rings. The Bertz CT molecular complexity index is 1260. The molecule has 1 aromatic heterocycles. The molecule has 8 nitrogen and oxygen atoms in total. The van der Waals surface area contributed by atoms with Crippen LogP contribution in [0.15, 0.2) is 48.5 Å². The number of carbonyl (C=O) groups is 2. The third kappa shape index (κ3) is 8.73. The Morgan fingerprint density at radius 2 is 1.64 bits per heavy atom. The Balaban J connectivity index is 1.77. The van der Waals surface area contributed by atoms with Crippen molar-refractivity contribution in [2.75, 3.05) is 52.9 Å². The second-order valence-corrected chi connectivity index (χ2v) is 10.8. The van der Waals surface area contributed by atoms with E-state index in [2.05, 4.69) is 11.4 Å². The van der Waals surface area contributed by atoms with E-state index >= 15 is 0 Å². The van der Waals surface area contributed by atoms with E-state index in [1.54, 1.807) is 32.7 Å². The van der Waals surface area contributed by atoms with Gasteiger partial charge in [0.1, 0.15) is 6.54 Å². The zero-order valence-electron chi connectivity index (χ0n) is 23.7. The average Bonchev–Trinajstić information content (AvgIpc) is 3.34. The van der Waals surface area contributed by atoms with E-state index in [-0.39, 0.29) is 18.5 Å². The molecule has 0 atom stereocenters. The molecule has 0 saturated carbocycles. The number of carbonyl (C=O) groups excluding carboxylic acids is 2. The molecular weight excluding hydrogens is 514 g/mol. The summed E-state index contributed by atoms with van der Waals surface area (Å²) in [4.78, 5) is 32.5. The number of nitrogens with zero attached hydrogens (tertiary/aromatic N) is 2. The number of urea groups is 1. The minimum absolute atomic E-state index is 0.0591. The highest BCUT2D eigenvalue weighted by atomic mass is 32.1. The maximum absolute atomic E-state index is 13.7. The summed E-state index contributed by atoms with van der Waals surface area (Å²) in [7, 11) is 4.79. The molecule has 0 aliphatic rings. The Kier molecular flexibility index (Phi) is 11.2. The molecule has 0 aliphatic heterocycles. The maximum atomic E-state index is 13.7. The summed E-state index contributed by atoms with van der Waals surface area (Å²) in [6.07, 6.45) is 0.628. The Labute approximate surface area is 235 Å². The van der Waals surface area contributed by atoms with Crippen LogP contribution >= 0.6 is 11.3 Å². The van der Waals surface area contributed by atoms with Gasteiger partial charge in [-0.15, -0.1) is 11.3 Å². The predicted octanol–water partition coefficient (Wildman–Crippen LogP) is 5.44.